The number of aryl methyl sites for hydroxylation is 3. The van der Waals surface area contributed by atoms with Crippen molar-refractivity contribution in [3.05, 3.63) is 63.4 Å². The van der Waals surface area contributed by atoms with Crippen molar-refractivity contribution < 1.29 is 0 Å². The fraction of sp³-hybridized carbons (Fsp3) is 0.312. The second kappa shape index (κ2) is 6.35. The number of nitrogens with zero attached hydrogens (tertiary/aromatic N) is 1. The highest BCUT2D eigenvalue weighted by molar-refractivity contribution is 6.30. The summed E-state index contributed by atoms with van der Waals surface area (Å²) in [6, 6.07) is 8.12. The third-order valence-corrected chi connectivity index (χ3v) is 3.78. The number of benzene rings is 1. The van der Waals surface area contributed by atoms with E-state index in [0.717, 1.165) is 12.1 Å². The molecule has 1 atom stereocenters. The van der Waals surface area contributed by atoms with Crippen molar-refractivity contribution in [3.8, 4) is 0 Å². The molecular weight excluding hydrogens is 270 g/mol. The fourth-order valence-corrected chi connectivity index (χ4v) is 2.69. The third kappa shape index (κ3) is 3.37. The molecule has 2 aromatic rings. The second-order valence-corrected chi connectivity index (χ2v) is 5.64. The standard InChI is InChI=1S/C16H20ClN3/c1-10-6-11(2)14(12(3)7-10)8-16(20-18)15-5-4-13(17)9-19-15/h4-7,9,16,20H,8,18H2,1-3H3. The van der Waals surface area contributed by atoms with Crippen LogP contribution < -0.4 is 11.3 Å². The molecule has 0 aliphatic carbocycles. The Kier molecular flexibility index (Phi) is 4.76. The highest BCUT2D eigenvalue weighted by Gasteiger charge is 2.15. The van der Waals surface area contributed by atoms with Crippen molar-refractivity contribution in [1.29, 1.82) is 0 Å². The van der Waals surface area contributed by atoms with E-state index >= 15 is 0 Å². The molecule has 0 saturated heterocycles. The van der Waals surface area contributed by atoms with E-state index in [1.165, 1.54) is 22.3 Å². The van der Waals surface area contributed by atoms with Gasteiger partial charge in [-0.25, -0.2) is 0 Å². The molecule has 0 saturated carbocycles. The Morgan fingerprint density at radius 3 is 2.35 bits per heavy atom. The maximum absolute atomic E-state index is 5.87. The highest BCUT2D eigenvalue weighted by Crippen LogP contribution is 2.23. The number of halogens is 1. The van der Waals surface area contributed by atoms with Gasteiger partial charge in [-0.1, -0.05) is 29.3 Å². The van der Waals surface area contributed by atoms with Crippen molar-refractivity contribution in [2.24, 2.45) is 5.84 Å². The zero-order chi connectivity index (χ0) is 14.7. The van der Waals surface area contributed by atoms with Crippen LogP contribution in [0.25, 0.3) is 0 Å². The number of nitrogens with two attached hydrogens (primary N) is 1. The summed E-state index contributed by atoms with van der Waals surface area (Å²) in [6.45, 7) is 6.39. The van der Waals surface area contributed by atoms with Gasteiger partial charge in [-0.2, -0.15) is 0 Å². The molecule has 0 amide bonds. The summed E-state index contributed by atoms with van der Waals surface area (Å²) in [5, 5.41) is 0.632. The molecule has 3 N–H and O–H groups in total. The molecule has 0 spiro atoms. The first-order chi connectivity index (χ1) is 9.51. The van der Waals surface area contributed by atoms with Gasteiger partial charge < -0.3 is 0 Å². The number of hydrazine groups is 1. The average Bonchev–Trinajstić information content (AvgIpc) is 2.39. The van der Waals surface area contributed by atoms with Gasteiger partial charge >= 0.3 is 0 Å². The minimum Gasteiger partial charge on any atom is -0.271 e. The summed E-state index contributed by atoms with van der Waals surface area (Å²) in [7, 11) is 0. The number of rotatable bonds is 4. The van der Waals surface area contributed by atoms with Gasteiger partial charge in [0, 0.05) is 6.20 Å². The van der Waals surface area contributed by atoms with Gasteiger partial charge in [-0.3, -0.25) is 16.3 Å². The predicted octanol–water partition coefficient (Wildman–Crippen LogP) is 3.41. The summed E-state index contributed by atoms with van der Waals surface area (Å²) in [5.74, 6) is 5.70. The molecule has 0 aliphatic rings. The van der Waals surface area contributed by atoms with Crippen molar-refractivity contribution in [1.82, 2.24) is 10.4 Å². The molecule has 106 valence electrons. The second-order valence-electron chi connectivity index (χ2n) is 5.20. The van der Waals surface area contributed by atoms with E-state index in [0.29, 0.717) is 5.02 Å². The lowest BCUT2D eigenvalue weighted by molar-refractivity contribution is 0.536. The van der Waals surface area contributed by atoms with Crippen LogP contribution in [0.4, 0.5) is 0 Å². The Hall–Kier alpha value is -1.42. The molecule has 0 aliphatic heterocycles. The Bertz CT molecular complexity index is 570. The van der Waals surface area contributed by atoms with Gasteiger partial charge in [0.2, 0.25) is 0 Å². The first-order valence-corrected chi connectivity index (χ1v) is 7.03. The first kappa shape index (κ1) is 15.0. The summed E-state index contributed by atoms with van der Waals surface area (Å²) in [5.41, 5.74) is 8.92. The van der Waals surface area contributed by atoms with Gasteiger partial charge in [0.25, 0.3) is 0 Å². The van der Waals surface area contributed by atoms with E-state index in [1.807, 2.05) is 12.1 Å². The smallest absolute Gasteiger partial charge is 0.0672 e. The van der Waals surface area contributed by atoms with Crippen molar-refractivity contribution >= 4 is 11.6 Å². The van der Waals surface area contributed by atoms with Crippen LogP contribution in [0, 0.1) is 20.8 Å². The average molecular weight is 290 g/mol. The topological polar surface area (TPSA) is 50.9 Å². The van der Waals surface area contributed by atoms with Crippen LogP contribution >= 0.6 is 11.6 Å². The molecule has 3 nitrogen and oxygen atoms in total. The Morgan fingerprint density at radius 2 is 1.85 bits per heavy atom. The van der Waals surface area contributed by atoms with Crippen LogP contribution in [0.5, 0.6) is 0 Å². The van der Waals surface area contributed by atoms with Crippen molar-refractivity contribution in [2.45, 2.75) is 33.2 Å². The molecule has 0 bridgehead atoms. The zero-order valence-electron chi connectivity index (χ0n) is 12.1. The summed E-state index contributed by atoms with van der Waals surface area (Å²) in [4.78, 5) is 4.35. The van der Waals surface area contributed by atoms with Crippen LogP contribution in [-0.2, 0) is 6.42 Å². The number of hydrogen-bond donors (Lipinski definition) is 2. The van der Waals surface area contributed by atoms with Crippen LogP contribution in [0.2, 0.25) is 5.02 Å². The number of hydrogen-bond acceptors (Lipinski definition) is 3. The number of aromatic nitrogens is 1. The number of nitrogens with one attached hydrogen (secondary N) is 1. The molecule has 20 heavy (non-hydrogen) atoms. The van der Waals surface area contributed by atoms with Gasteiger partial charge in [0.15, 0.2) is 0 Å². The fourth-order valence-electron chi connectivity index (χ4n) is 2.58. The van der Waals surface area contributed by atoms with E-state index in [4.69, 9.17) is 17.4 Å². The Morgan fingerprint density at radius 1 is 1.20 bits per heavy atom. The normalized spacial score (nSPS) is 12.4. The monoisotopic (exact) mass is 289 g/mol. The van der Waals surface area contributed by atoms with Crippen LogP contribution in [0.15, 0.2) is 30.5 Å². The molecular formula is C16H20ClN3. The SMILES string of the molecule is Cc1cc(C)c(CC(NN)c2ccc(Cl)cn2)c(C)c1. The molecule has 0 fully saturated rings. The van der Waals surface area contributed by atoms with Gasteiger partial charge in [0.1, 0.15) is 0 Å². The molecule has 1 aromatic heterocycles. The first-order valence-electron chi connectivity index (χ1n) is 6.65. The summed E-state index contributed by atoms with van der Waals surface area (Å²) < 4.78 is 0. The maximum Gasteiger partial charge on any atom is 0.0672 e. The van der Waals surface area contributed by atoms with Crippen LogP contribution in [0.1, 0.15) is 34.0 Å². The van der Waals surface area contributed by atoms with E-state index in [-0.39, 0.29) is 6.04 Å². The minimum atomic E-state index is -0.0210. The van der Waals surface area contributed by atoms with Crippen molar-refractivity contribution in [2.75, 3.05) is 0 Å². The highest BCUT2D eigenvalue weighted by atomic mass is 35.5. The van der Waals surface area contributed by atoms with Crippen LogP contribution in [0.3, 0.4) is 0 Å². The summed E-state index contributed by atoms with van der Waals surface area (Å²) in [6.07, 6.45) is 2.46. The molecule has 0 radical (unpaired) electrons. The molecule has 1 unspecified atom stereocenters. The third-order valence-electron chi connectivity index (χ3n) is 3.56. The lowest BCUT2D eigenvalue weighted by atomic mass is 9.93. The molecule has 4 heteroatoms. The lowest BCUT2D eigenvalue weighted by Gasteiger charge is -2.19. The molecule has 1 heterocycles. The van der Waals surface area contributed by atoms with Gasteiger partial charge in [-0.05, 0) is 56.0 Å². The van der Waals surface area contributed by atoms with E-state index in [2.05, 4.69) is 43.3 Å². The predicted molar refractivity (Wildman–Crippen MR) is 83.7 cm³/mol. The van der Waals surface area contributed by atoms with Crippen molar-refractivity contribution in [3.63, 3.8) is 0 Å². The number of pyridine rings is 1. The van der Waals surface area contributed by atoms with E-state index in [1.54, 1.807) is 6.20 Å². The van der Waals surface area contributed by atoms with E-state index < -0.39 is 0 Å². The Labute approximate surface area is 125 Å². The molecule has 2 rings (SSSR count). The molecule has 1 aromatic carbocycles. The van der Waals surface area contributed by atoms with Gasteiger partial charge in [-0.15, -0.1) is 0 Å². The van der Waals surface area contributed by atoms with Gasteiger partial charge in [0.05, 0.1) is 16.8 Å². The largest absolute Gasteiger partial charge is 0.271 e. The maximum atomic E-state index is 5.87. The van der Waals surface area contributed by atoms with E-state index in [9.17, 15) is 0 Å². The zero-order valence-corrected chi connectivity index (χ0v) is 12.8. The minimum absolute atomic E-state index is 0.0210. The van der Waals surface area contributed by atoms with Crippen LogP contribution in [-0.4, -0.2) is 4.98 Å². The lowest BCUT2D eigenvalue weighted by Crippen LogP contribution is -2.30. The summed E-state index contributed by atoms with van der Waals surface area (Å²) >= 11 is 5.87. The quantitative estimate of drug-likeness (QED) is 0.670. The Balaban J connectivity index is 2.29.